The second-order valence-corrected chi connectivity index (χ2v) is 7.85. The summed E-state index contributed by atoms with van der Waals surface area (Å²) in [5.41, 5.74) is 3.60. The Balaban J connectivity index is 1.74. The van der Waals surface area contributed by atoms with E-state index < -0.39 is 11.5 Å². The summed E-state index contributed by atoms with van der Waals surface area (Å²) < 4.78 is 0. The quantitative estimate of drug-likeness (QED) is 0.865. The van der Waals surface area contributed by atoms with E-state index in [-0.39, 0.29) is 17.7 Å². The monoisotopic (exact) mass is 363 g/mol. The van der Waals surface area contributed by atoms with E-state index in [1.807, 2.05) is 50.2 Å². The molecule has 3 atom stereocenters. The molecule has 0 radical (unpaired) electrons. The van der Waals surface area contributed by atoms with Crippen molar-refractivity contribution in [1.82, 2.24) is 5.32 Å². The normalized spacial score (nSPS) is 26.1. The molecular weight excluding hydrogens is 338 g/mol. The Kier molecular flexibility index (Phi) is 4.29. The van der Waals surface area contributed by atoms with Gasteiger partial charge in [-0.15, -0.1) is 0 Å². The van der Waals surface area contributed by atoms with Crippen LogP contribution in [0.1, 0.15) is 71.1 Å². The maximum absolute atomic E-state index is 13.3. The highest BCUT2D eigenvalue weighted by Crippen LogP contribution is 2.49. The number of aryl methyl sites for hydroxylation is 1. The number of carbonyl (C=O) groups excluding carboxylic acids is 1. The van der Waals surface area contributed by atoms with E-state index in [2.05, 4.69) is 11.4 Å². The minimum absolute atomic E-state index is 0.275. The smallest absolute Gasteiger partial charge is 0.330 e. The predicted molar refractivity (Wildman–Crippen MR) is 104 cm³/mol. The zero-order valence-electron chi connectivity index (χ0n) is 15.8. The van der Waals surface area contributed by atoms with Crippen LogP contribution in [0.4, 0.5) is 0 Å². The third-order valence-electron chi connectivity index (χ3n) is 6.61. The number of fused-ring (bicyclic) bond motifs is 2. The van der Waals surface area contributed by atoms with Crippen LogP contribution >= 0.6 is 0 Å². The lowest BCUT2D eigenvalue weighted by molar-refractivity contribution is -0.145. The summed E-state index contributed by atoms with van der Waals surface area (Å²) in [6, 6.07) is 13.6. The van der Waals surface area contributed by atoms with Gasteiger partial charge in [0.25, 0.3) is 5.91 Å². The second-order valence-electron chi connectivity index (χ2n) is 7.85. The summed E-state index contributed by atoms with van der Waals surface area (Å²) in [6.07, 6.45) is 4.07. The summed E-state index contributed by atoms with van der Waals surface area (Å²) in [4.78, 5) is 25.7. The number of carboxylic acids is 1. The minimum Gasteiger partial charge on any atom is -0.479 e. The van der Waals surface area contributed by atoms with Crippen molar-refractivity contribution in [3.8, 4) is 0 Å². The number of benzene rings is 2. The Morgan fingerprint density at radius 3 is 2.22 bits per heavy atom. The van der Waals surface area contributed by atoms with Gasteiger partial charge in [0.2, 0.25) is 0 Å². The molecule has 0 saturated heterocycles. The molecule has 0 bridgehead atoms. The Morgan fingerprint density at radius 2 is 1.59 bits per heavy atom. The standard InChI is InChI=1S/C23H25NO3/c1-14-17-10-5-6-11-18(17)15(2)23(14,22(26)27)24-21(25)20-13-7-9-16-8-3-4-12-19(16)20/h5-7,9-11,13-15H,3-4,8,12H2,1-2H3,(H,24,25)(H,26,27)/t14-,15+,23?. The van der Waals surface area contributed by atoms with Gasteiger partial charge in [0, 0.05) is 17.4 Å². The molecular formula is C23H25NO3. The van der Waals surface area contributed by atoms with Crippen molar-refractivity contribution in [1.29, 1.82) is 0 Å². The zero-order chi connectivity index (χ0) is 19.2. The van der Waals surface area contributed by atoms with Crippen LogP contribution in [0.15, 0.2) is 42.5 Å². The van der Waals surface area contributed by atoms with Gasteiger partial charge in [-0.1, -0.05) is 50.2 Å². The Morgan fingerprint density at radius 1 is 0.963 bits per heavy atom. The van der Waals surface area contributed by atoms with E-state index in [1.54, 1.807) is 0 Å². The molecule has 1 unspecified atom stereocenters. The first-order valence-electron chi connectivity index (χ1n) is 9.72. The van der Waals surface area contributed by atoms with E-state index >= 15 is 0 Å². The maximum atomic E-state index is 13.3. The van der Waals surface area contributed by atoms with Gasteiger partial charge in [-0.25, -0.2) is 4.79 Å². The molecule has 2 N–H and O–H groups in total. The Labute approximate surface area is 159 Å². The van der Waals surface area contributed by atoms with Crippen molar-refractivity contribution in [3.05, 3.63) is 70.3 Å². The molecule has 27 heavy (non-hydrogen) atoms. The van der Waals surface area contributed by atoms with Gasteiger partial charge >= 0.3 is 5.97 Å². The topological polar surface area (TPSA) is 66.4 Å². The number of aliphatic carboxylic acids is 1. The molecule has 0 aromatic heterocycles. The highest BCUT2D eigenvalue weighted by Gasteiger charge is 2.56. The average molecular weight is 363 g/mol. The van der Waals surface area contributed by atoms with Crippen LogP contribution in [0.3, 0.4) is 0 Å². The van der Waals surface area contributed by atoms with Crippen LogP contribution in [0.2, 0.25) is 0 Å². The lowest BCUT2D eigenvalue weighted by Gasteiger charge is -2.35. The summed E-state index contributed by atoms with van der Waals surface area (Å²) in [5, 5.41) is 13.2. The third-order valence-corrected chi connectivity index (χ3v) is 6.61. The molecule has 2 aromatic rings. The minimum atomic E-state index is -1.34. The van der Waals surface area contributed by atoms with Gasteiger partial charge < -0.3 is 10.4 Å². The number of amides is 1. The van der Waals surface area contributed by atoms with Crippen LogP contribution in [0.5, 0.6) is 0 Å². The molecule has 4 nitrogen and oxygen atoms in total. The predicted octanol–water partition coefficient (Wildman–Crippen LogP) is 4.04. The van der Waals surface area contributed by atoms with Crippen molar-refractivity contribution in [2.45, 2.75) is 56.9 Å². The van der Waals surface area contributed by atoms with Crippen molar-refractivity contribution in [2.75, 3.05) is 0 Å². The molecule has 0 heterocycles. The van der Waals surface area contributed by atoms with Crippen LogP contribution in [-0.4, -0.2) is 22.5 Å². The van der Waals surface area contributed by atoms with Gasteiger partial charge in [0.1, 0.15) is 0 Å². The molecule has 0 fully saturated rings. The first kappa shape index (κ1) is 17.8. The van der Waals surface area contributed by atoms with E-state index in [4.69, 9.17) is 0 Å². The summed E-state index contributed by atoms with van der Waals surface area (Å²) in [5.74, 6) is -1.85. The Hall–Kier alpha value is -2.62. The summed E-state index contributed by atoms with van der Waals surface area (Å²) in [6.45, 7) is 3.80. The first-order chi connectivity index (χ1) is 13.0. The highest BCUT2D eigenvalue weighted by atomic mass is 16.4. The molecule has 2 aliphatic rings. The SMILES string of the molecule is C[C@@H]1c2ccccc2[C@H](C)C1(NC(=O)c1cccc2c1CCCC2)C(=O)O. The van der Waals surface area contributed by atoms with Crippen molar-refractivity contribution < 1.29 is 14.7 Å². The van der Waals surface area contributed by atoms with Crippen LogP contribution < -0.4 is 5.32 Å². The van der Waals surface area contributed by atoms with Crippen molar-refractivity contribution in [2.24, 2.45) is 0 Å². The average Bonchev–Trinajstić information content (AvgIpc) is 2.90. The molecule has 2 aliphatic carbocycles. The fourth-order valence-corrected chi connectivity index (χ4v) is 5.05. The van der Waals surface area contributed by atoms with Crippen molar-refractivity contribution >= 4 is 11.9 Å². The molecule has 140 valence electrons. The lowest BCUT2D eigenvalue weighted by atomic mass is 9.79. The molecule has 0 aliphatic heterocycles. The van der Waals surface area contributed by atoms with E-state index in [0.717, 1.165) is 42.4 Å². The fraction of sp³-hybridized carbons (Fsp3) is 0.391. The number of carbonyl (C=O) groups is 2. The van der Waals surface area contributed by atoms with Gasteiger partial charge in [0.15, 0.2) is 5.54 Å². The zero-order valence-corrected chi connectivity index (χ0v) is 15.8. The lowest BCUT2D eigenvalue weighted by Crippen LogP contribution is -2.58. The van der Waals surface area contributed by atoms with E-state index in [9.17, 15) is 14.7 Å². The summed E-state index contributed by atoms with van der Waals surface area (Å²) >= 11 is 0. The second kappa shape index (κ2) is 6.52. The van der Waals surface area contributed by atoms with E-state index in [0.29, 0.717) is 5.56 Å². The summed E-state index contributed by atoms with van der Waals surface area (Å²) in [7, 11) is 0. The molecule has 0 saturated carbocycles. The van der Waals surface area contributed by atoms with Crippen LogP contribution in [0.25, 0.3) is 0 Å². The third kappa shape index (κ3) is 2.58. The molecule has 2 aromatic carbocycles. The molecule has 4 heteroatoms. The van der Waals surface area contributed by atoms with Crippen LogP contribution in [-0.2, 0) is 17.6 Å². The fourth-order valence-electron chi connectivity index (χ4n) is 5.05. The maximum Gasteiger partial charge on any atom is 0.330 e. The van der Waals surface area contributed by atoms with Gasteiger partial charge in [-0.05, 0) is 54.0 Å². The first-order valence-corrected chi connectivity index (χ1v) is 9.72. The van der Waals surface area contributed by atoms with Crippen LogP contribution in [0, 0.1) is 0 Å². The molecule has 0 spiro atoms. The number of hydrogen-bond acceptors (Lipinski definition) is 2. The van der Waals surface area contributed by atoms with Gasteiger partial charge in [0.05, 0.1) is 0 Å². The van der Waals surface area contributed by atoms with E-state index in [1.165, 1.54) is 5.56 Å². The van der Waals surface area contributed by atoms with Gasteiger partial charge in [-0.2, -0.15) is 0 Å². The molecule has 1 amide bonds. The Bertz CT molecular complexity index is 889. The number of hydrogen-bond donors (Lipinski definition) is 2. The number of carboxylic acid groups (broad SMARTS) is 1. The van der Waals surface area contributed by atoms with Gasteiger partial charge in [-0.3, -0.25) is 4.79 Å². The molecule has 4 rings (SSSR count). The largest absolute Gasteiger partial charge is 0.479 e. The van der Waals surface area contributed by atoms with Crippen molar-refractivity contribution in [3.63, 3.8) is 0 Å². The number of rotatable bonds is 3. The number of nitrogens with one attached hydrogen (secondary N) is 1. The highest BCUT2D eigenvalue weighted by molar-refractivity contribution is 6.00.